The molecule has 0 bridgehead atoms. The summed E-state index contributed by atoms with van der Waals surface area (Å²) < 4.78 is 5.73. The van der Waals surface area contributed by atoms with Crippen LogP contribution in [0.4, 0.5) is 5.69 Å². The number of rotatable bonds is 2. The van der Waals surface area contributed by atoms with Gasteiger partial charge in [-0.25, -0.2) is 9.36 Å². The van der Waals surface area contributed by atoms with Crippen LogP contribution in [-0.4, -0.2) is 15.4 Å². The largest absolute Gasteiger partial charge is 0.427 e. The van der Waals surface area contributed by atoms with E-state index in [0.29, 0.717) is 5.02 Å². The van der Waals surface area contributed by atoms with Gasteiger partial charge in [-0.05, 0) is 30.3 Å². The predicted molar refractivity (Wildman–Crippen MR) is 78.3 cm³/mol. The molecule has 0 aliphatic rings. The van der Waals surface area contributed by atoms with Crippen molar-refractivity contribution in [2.75, 3.05) is 0 Å². The number of oxazole rings is 1. The first-order chi connectivity index (χ1) is 10.5. The minimum atomic E-state index is -0.907. The SMILES string of the molecule is O=C(c1ccc(Cl)cc1)n1c(=O)oc2cc([N+](=O)[O-])ccc21. The third-order valence-corrected chi connectivity index (χ3v) is 3.32. The summed E-state index contributed by atoms with van der Waals surface area (Å²) in [5.41, 5.74) is 0.150. The lowest BCUT2D eigenvalue weighted by molar-refractivity contribution is -0.384. The van der Waals surface area contributed by atoms with Crippen LogP contribution in [0, 0.1) is 10.1 Å². The standard InChI is InChI=1S/C14H7ClN2O5/c15-9-3-1-8(2-4-9)13(18)16-11-6-5-10(17(20)21)7-12(11)22-14(16)19/h1-7H. The Morgan fingerprint density at radius 1 is 1.18 bits per heavy atom. The van der Waals surface area contributed by atoms with Crippen molar-refractivity contribution in [3.05, 3.63) is 73.7 Å². The Balaban J connectivity index is 2.16. The number of carbonyl (C=O) groups is 1. The van der Waals surface area contributed by atoms with Gasteiger partial charge in [0, 0.05) is 16.7 Å². The molecule has 3 aromatic rings. The number of non-ortho nitro benzene ring substituents is 1. The Morgan fingerprint density at radius 3 is 2.50 bits per heavy atom. The van der Waals surface area contributed by atoms with Gasteiger partial charge in [-0.1, -0.05) is 11.6 Å². The van der Waals surface area contributed by atoms with Crippen molar-refractivity contribution in [1.82, 2.24) is 4.57 Å². The highest BCUT2D eigenvalue weighted by atomic mass is 35.5. The lowest BCUT2D eigenvalue weighted by Crippen LogP contribution is -2.23. The highest BCUT2D eigenvalue weighted by molar-refractivity contribution is 6.30. The van der Waals surface area contributed by atoms with Gasteiger partial charge in [0.15, 0.2) is 5.58 Å². The van der Waals surface area contributed by atoms with Crippen molar-refractivity contribution in [3.63, 3.8) is 0 Å². The molecule has 3 rings (SSSR count). The lowest BCUT2D eigenvalue weighted by atomic mass is 10.2. The zero-order valence-corrected chi connectivity index (χ0v) is 11.6. The highest BCUT2D eigenvalue weighted by Gasteiger charge is 2.19. The number of nitro groups is 1. The summed E-state index contributed by atoms with van der Waals surface area (Å²) in [6.07, 6.45) is 0. The summed E-state index contributed by atoms with van der Waals surface area (Å²) in [6, 6.07) is 9.58. The van der Waals surface area contributed by atoms with Crippen LogP contribution >= 0.6 is 11.6 Å². The van der Waals surface area contributed by atoms with Crippen LogP contribution in [0.1, 0.15) is 10.4 Å². The van der Waals surface area contributed by atoms with Gasteiger partial charge in [0.05, 0.1) is 16.5 Å². The maximum atomic E-state index is 12.4. The zero-order chi connectivity index (χ0) is 15.9. The first-order valence-corrected chi connectivity index (χ1v) is 6.45. The fourth-order valence-corrected chi connectivity index (χ4v) is 2.16. The Hall–Kier alpha value is -2.93. The maximum Gasteiger partial charge on any atom is 0.427 e. The van der Waals surface area contributed by atoms with Crippen LogP contribution in [0.5, 0.6) is 0 Å². The summed E-state index contributed by atoms with van der Waals surface area (Å²) in [6.45, 7) is 0. The van der Waals surface area contributed by atoms with Gasteiger partial charge >= 0.3 is 5.76 Å². The second kappa shape index (κ2) is 5.12. The van der Waals surface area contributed by atoms with E-state index in [-0.39, 0.29) is 22.4 Å². The number of nitro benzene ring substituents is 1. The van der Waals surface area contributed by atoms with Crippen LogP contribution in [0.3, 0.4) is 0 Å². The molecule has 7 nitrogen and oxygen atoms in total. The molecule has 22 heavy (non-hydrogen) atoms. The molecule has 0 amide bonds. The Morgan fingerprint density at radius 2 is 1.86 bits per heavy atom. The van der Waals surface area contributed by atoms with Gasteiger partial charge in [-0.15, -0.1) is 0 Å². The van der Waals surface area contributed by atoms with E-state index in [1.165, 1.54) is 36.4 Å². The van der Waals surface area contributed by atoms with E-state index in [4.69, 9.17) is 16.0 Å². The molecule has 1 aromatic heterocycles. The zero-order valence-electron chi connectivity index (χ0n) is 10.9. The predicted octanol–water partition coefficient (Wildman–Crippen LogP) is 2.84. The van der Waals surface area contributed by atoms with Gasteiger partial charge in [0.25, 0.3) is 11.6 Å². The van der Waals surface area contributed by atoms with E-state index in [1.807, 2.05) is 0 Å². The number of fused-ring (bicyclic) bond motifs is 1. The number of benzene rings is 2. The third-order valence-electron chi connectivity index (χ3n) is 3.07. The summed E-state index contributed by atoms with van der Waals surface area (Å²) in [5, 5.41) is 11.2. The highest BCUT2D eigenvalue weighted by Crippen LogP contribution is 2.21. The molecule has 0 saturated carbocycles. The molecule has 0 spiro atoms. The van der Waals surface area contributed by atoms with Gasteiger partial charge in [0.1, 0.15) is 0 Å². The fourth-order valence-electron chi connectivity index (χ4n) is 2.03. The van der Waals surface area contributed by atoms with E-state index >= 15 is 0 Å². The molecule has 0 N–H and O–H groups in total. The summed E-state index contributed by atoms with van der Waals surface area (Å²) in [7, 11) is 0. The molecule has 8 heteroatoms. The number of halogens is 1. The van der Waals surface area contributed by atoms with E-state index in [1.54, 1.807) is 0 Å². The lowest BCUT2D eigenvalue weighted by Gasteiger charge is -2.01. The average Bonchev–Trinajstić information content (AvgIpc) is 2.82. The van der Waals surface area contributed by atoms with Crippen molar-refractivity contribution >= 4 is 34.3 Å². The second-order valence-corrected chi connectivity index (χ2v) is 4.86. The van der Waals surface area contributed by atoms with Gasteiger partial charge in [-0.2, -0.15) is 0 Å². The first-order valence-electron chi connectivity index (χ1n) is 6.07. The van der Waals surface area contributed by atoms with E-state index in [0.717, 1.165) is 10.6 Å². The Kier molecular flexibility index (Phi) is 3.26. The molecule has 110 valence electrons. The number of aromatic nitrogens is 1. The molecule has 0 atom stereocenters. The smallest absolute Gasteiger partial charge is 0.407 e. The molecule has 0 aliphatic heterocycles. The van der Waals surface area contributed by atoms with Gasteiger partial charge in [-0.3, -0.25) is 14.9 Å². The Labute approximate surface area is 127 Å². The molecule has 1 heterocycles. The topological polar surface area (TPSA) is 95.3 Å². The van der Waals surface area contributed by atoms with Crippen LogP contribution in [-0.2, 0) is 0 Å². The maximum absolute atomic E-state index is 12.4. The minimum Gasteiger partial charge on any atom is -0.407 e. The molecular weight excluding hydrogens is 312 g/mol. The summed E-state index contributed by atoms with van der Waals surface area (Å²) in [5.74, 6) is -1.51. The quantitative estimate of drug-likeness (QED) is 0.534. The summed E-state index contributed by atoms with van der Waals surface area (Å²) in [4.78, 5) is 34.4. The van der Waals surface area contributed by atoms with E-state index < -0.39 is 16.6 Å². The van der Waals surface area contributed by atoms with Crippen molar-refractivity contribution in [2.45, 2.75) is 0 Å². The van der Waals surface area contributed by atoms with Crippen molar-refractivity contribution in [3.8, 4) is 0 Å². The third kappa shape index (κ3) is 2.27. The number of carbonyl (C=O) groups excluding carboxylic acids is 1. The van der Waals surface area contributed by atoms with Gasteiger partial charge < -0.3 is 4.42 Å². The normalized spacial score (nSPS) is 10.8. The molecular formula is C14H7ClN2O5. The van der Waals surface area contributed by atoms with Crippen LogP contribution in [0.2, 0.25) is 5.02 Å². The molecule has 0 radical (unpaired) electrons. The van der Waals surface area contributed by atoms with Crippen molar-refractivity contribution in [2.24, 2.45) is 0 Å². The van der Waals surface area contributed by atoms with Crippen molar-refractivity contribution < 1.29 is 14.1 Å². The van der Waals surface area contributed by atoms with Gasteiger partial charge in [0.2, 0.25) is 0 Å². The average molecular weight is 319 g/mol. The molecule has 0 saturated heterocycles. The second-order valence-electron chi connectivity index (χ2n) is 4.42. The molecule has 0 fully saturated rings. The van der Waals surface area contributed by atoms with Crippen molar-refractivity contribution in [1.29, 1.82) is 0 Å². The first kappa shape index (κ1) is 14.0. The fraction of sp³-hybridized carbons (Fsp3) is 0. The van der Waals surface area contributed by atoms with Crippen LogP contribution in [0.25, 0.3) is 11.1 Å². The Bertz CT molecular complexity index is 956. The number of nitrogens with zero attached hydrogens (tertiary/aromatic N) is 2. The minimum absolute atomic E-state index is 0.0264. The van der Waals surface area contributed by atoms with Crippen LogP contribution in [0.15, 0.2) is 51.7 Å². The number of hydrogen-bond donors (Lipinski definition) is 0. The van der Waals surface area contributed by atoms with Crippen LogP contribution < -0.4 is 5.76 Å². The monoisotopic (exact) mass is 318 g/mol. The number of hydrogen-bond acceptors (Lipinski definition) is 5. The summed E-state index contributed by atoms with van der Waals surface area (Å²) >= 11 is 5.75. The molecule has 0 unspecified atom stereocenters. The van der Waals surface area contributed by atoms with E-state index in [2.05, 4.69) is 0 Å². The molecule has 2 aromatic carbocycles. The van der Waals surface area contributed by atoms with E-state index in [9.17, 15) is 19.7 Å². The molecule has 0 aliphatic carbocycles.